The Morgan fingerprint density at radius 3 is 2.44 bits per heavy atom. The van der Waals surface area contributed by atoms with Crippen molar-refractivity contribution in [1.82, 2.24) is 15.4 Å². The van der Waals surface area contributed by atoms with E-state index < -0.39 is 0 Å². The molecule has 1 aromatic heterocycles. The lowest BCUT2D eigenvalue weighted by molar-refractivity contribution is 0.395. The van der Waals surface area contributed by atoms with Crippen molar-refractivity contribution in [1.29, 1.82) is 0 Å². The second-order valence-electron chi connectivity index (χ2n) is 7.15. The second-order valence-corrected chi connectivity index (χ2v) is 7.56. The first-order valence-electron chi connectivity index (χ1n) is 10.2. The Balaban J connectivity index is 1.43. The van der Waals surface area contributed by atoms with Crippen LogP contribution < -0.4 is 25.0 Å². The Bertz CT molecular complexity index is 1350. The summed E-state index contributed by atoms with van der Waals surface area (Å²) in [5, 5.41) is 7.64. The summed E-state index contributed by atoms with van der Waals surface area (Å²) in [6, 6.07) is 16.6. The van der Waals surface area contributed by atoms with Gasteiger partial charge in [0.25, 0.3) is 0 Å². The number of halogens is 1. The molecule has 4 rings (SSSR count). The summed E-state index contributed by atoms with van der Waals surface area (Å²) >= 11 is 5.34. The average Bonchev–Trinajstić information content (AvgIpc) is 3.28. The number of hydrogen-bond donors (Lipinski definition) is 3. The predicted molar refractivity (Wildman–Crippen MR) is 134 cm³/mol. The van der Waals surface area contributed by atoms with Gasteiger partial charge in [-0.2, -0.15) is 5.10 Å². The zero-order valence-electron chi connectivity index (χ0n) is 18.7. The molecule has 8 nitrogen and oxygen atoms in total. The standard InChI is InChI=1S/C24H22FN5O3S/c1-14(29-30-24(34)28-20-11-8-17(31-2)13-22(20)32-3)23-26-19-10-9-18(12-21(19)27-23)33-16-6-4-15(25)5-7-16/h4-13H,1-3H3,(H,26,27)(H2,28,30,34)/b29-14+. The lowest BCUT2D eigenvalue weighted by Gasteiger charge is -2.12. The molecule has 0 fully saturated rings. The number of hydrazone groups is 1. The van der Waals surface area contributed by atoms with Crippen molar-refractivity contribution in [3.63, 3.8) is 0 Å². The number of nitrogens with one attached hydrogen (secondary N) is 3. The lowest BCUT2D eigenvalue weighted by atomic mass is 10.2. The molecule has 0 saturated carbocycles. The van der Waals surface area contributed by atoms with E-state index in [9.17, 15) is 4.39 Å². The highest BCUT2D eigenvalue weighted by atomic mass is 32.1. The van der Waals surface area contributed by atoms with Crippen LogP contribution in [0.4, 0.5) is 10.1 Å². The first kappa shape index (κ1) is 23.0. The molecule has 0 aliphatic rings. The molecule has 0 atom stereocenters. The molecule has 174 valence electrons. The quantitative estimate of drug-likeness (QED) is 0.190. The number of anilines is 1. The summed E-state index contributed by atoms with van der Waals surface area (Å²) in [6.45, 7) is 1.80. The van der Waals surface area contributed by atoms with E-state index >= 15 is 0 Å². The summed E-state index contributed by atoms with van der Waals surface area (Å²) < 4.78 is 29.4. The molecule has 1 heterocycles. The van der Waals surface area contributed by atoms with Crippen LogP contribution in [0.3, 0.4) is 0 Å². The number of nitrogens with zero attached hydrogens (tertiary/aromatic N) is 2. The molecular weight excluding hydrogens is 457 g/mol. The van der Waals surface area contributed by atoms with Crippen LogP contribution >= 0.6 is 12.2 Å². The zero-order valence-corrected chi connectivity index (χ0v) is 19.5. The molecule has 0 radical (unpaired) electrons. The number of imidazole rings is 1. The van der Waals surface area contributed by atoms with Crippen LogP contribution in [-0.4, -0.2) is 35.0 Å². The van der Waals surface area contributed by atoms with Crippen molar-refractivity contribution < 1.29 is 18.6 Å². The molecule has 0 aliphatic heterocycles. The van der Waals surface area contributed by atoms with E-state index in [0.29, 0.717) is 45.7 Å². The number of benzene rings is 3. The van der Waals surface area contributed by atoms with Gasteiger partial charge in [-0.25, -0.2) is 9.37 Å². The van der Waals surface area contributed by atoms with Crippen molar-refractivity contribution in [2.45, 2.75) is 6.92 Å². The first-order chi connectivity index (χ1) is 16.4. The highest BCUT2D eigenvalue weighted by Gasteiger charge is 2.10. The number of H-pyrrole nitrogens is 1. The van der Waals surface area contributed by atoms with Gasteiger partial charge in [0.1, 0.15) is 34.5 Å². The minimum absolute atomic E-state index is 0.286. The summed E-state index contributed by atoms with van der Waals surface area (Å²) in [4.78, 5) is 7.79. The van der Waals surface area contributed by atoms with Crippen molar-refractivity contribution >= 4 is 39.8 Å². The van der Waals surface area contributed by atoms with Crippen molar-refractivity contribution in [2.75, 3.05) is 19.5 Å². The van der Waals surface area contributed by atoms with Gasteiger partial charge >= 0.3 is 0 Å². The monoisotopic (exact) mass is 479 g/mol. The Morgan fingerprint density at radius 1 is 0.971 bits per heavy atom. The summed E-state index contributed by atoms with van der Waals surface area (Å²) in [7, 11) is 3.15. The maximum Gasteiger partial charge on any atom is 0.191 e. The van der Waals surface area contributed by atoms with Gasteiger partial charge in [0.2, 0.25) is 0 Å². The molecule has 4 aromatic rings. The van der Waals surface area contributed by atoms with E-state index in [2.05, 4.69) is 25.8 Å². The third-order valence-electron chi connectivity index (χ3n) is 4.83. The molecule has 3 aromatic carbocycles. The molecular formula is C24H22FN5O3S. The molecule has 0 unspecified atom stereocenters. The maximum atomic E-state index is 13.1. The number of fused-ring (bicyclic) bond motifs is 1. The van der Waals surface area contributed by atoms with E-state index in [1.807, 2.05) is 6.07 Å². The fourth-order valence-electron chi connectivity index (χ4n) is 3.10. The van der Waals surface area contributed by atoms with Crippen molar-refractivity contribution in [3.8, 4) is 23.0 Å². The molecule has 3 N–H and O–H groups in total. The van der Waals surface area contributed by atoms with Crippen LogP contribution in [0.25, 0.3) is 11.0 Å². The number of aromatic nitrogens is 2. The minimum atomic E-state index is -0.319. The van der Waals surface area contributed by atoms with Gasteiger partial charge in [0, 0.05) is 12.1 Å². The number of thiocarbonyl (C=S) groups is 1. The number of methoxy groups -OCH3 is 2. The van der Waals surface area contributed by atoms with E-state index in [-0.39, 0.29) is 10.9 Å². The van der Waals surface area contributed by atoms with Crippen LogP contribution in [0.15, 0.2) is 65.8 Å². The largest absolute Gasteiger partial charge is 0.497 e. The molecule has 0 aliphatic carbocycles. The Labute approximate surface area is 200 Å². The third-order valence-corrected chi connectivity index (χ3v) is 5.02. The number of ether oxygens (including phenoxy) is 3. The molecule has 10 heteroatoms. The van der Waals surface area contributed by atoms with Crippen LogP contribution in [0.5, 0.6) is 23.0 Å². The Kier molecular flexibility index (Phi) is 6.88. The number of aromatic amines is 1. The van der Waals surface area contributed by atoms with Gasteiger partial charge in [-0.1, -0.05) is 0 Å². The fourth-order valence-corrected chi connectivity index (χ4v) is 3.25. The normalized spacial score (nSPS) is 11.2. The van der Waals surface area contributed by atoms with Gasteiger partial charge < -0.3 is 24.5 Å². The van der Waals surface area contributed by atoms with E-state index in [4.69, 9.17) is 26.4 Å². The number of hydrogen-bond acceptors (Lipinski definition) is 6. The lowest BCUT2D eigenvalue weighted by Crippen LogP contribution is -2.25. The number of rotatable bonds is 7. The first-order valence-corrected chi connectivity index (χ1v) is 10.6. The van der Waals surface area contributed by atoms with Crippen molar-refractivity contribution in [3.05, 3.63) is 72.3 Å². The summed E-state index contributed by atoms with van der Waals surface area (Å²) in [5.41, 5.74) is 5.60. The van der Waals surface area contributed by atoms with Crippen LogP contribution in [0.1, 0.15) is 12.7 Å². The zero-order chi connectivity index (χ0) is 24.1. The predicted octanol–water partition coefficient (Wildman–Crippen LogP) is 5.22. The van der Waals surface area contributed by atoms with E-state index in [0.717, 1.165) is 5.52 Å². The van der Waals surface area contributed by atoms with Gasteiger partial charge in [-0.15, -0.1) is 0 Å². The maximum absolute atomic E-state index is 13.1. The van der Waals surface area contributed by atoms with Crippen LogP contribution in [0, 0.1) is 5.82 Å². The molecule has 34 heavy (non-hydrogen) atoms. The minimum Gasteiger partial charge on any atom is -0.497 e. The van der Waals surface area contributed by atoms with Gasteiger partial charge in [0.05, 0.1) is 30.9 Å². The SMILES string of the molecule is COc1ccc(NC(=S)N/N=C(\C)c2nc3cc(Oc4ccc(F)cc4)ccc3[nH]2)c(OC)c1. The van der Waals surface area contributed by atoms with Crippen LogP contribution in [-0.2, 0) is 0 Å². The summed E-state index contributed by atoms with van der Waals surface area (Å²) in [5.74, 6) is 2.63. The third kappa shape index (κ3) is 5.41. The Morgan fingerprint density at radius 2 is 1.71 bits per heavy atom. The van der Waals surface area contributed by atoms with Gasteiger partial charge in [0.15, 0.2) is 10.9 Å². The molecule has 0 bridgehead atoms. The van der Waals surface area contributed by atoms with Crippen LogP contribution in [0.2, 0.25) is 0 Å². The van der Waals surface area contributed by atoms with Crippen molar-refractivity contribution in [2.24, 2.45) is 5.10 Å². The molecule has 0 spiro atoms. The van der Waals surface area contributed by atoms with E-state index in [1.165, 1.54) is 12.1 Å². The van der Waals surface area contributed by atoms with E-state index in [1.54, 1.807) is 63.6 Å². The topological polar surface area (TPSA) is 92.8 Å². The highest BCUT2D eigenvalue weighted by molar-refractivity contribution is 7.80. The Hall–Kier alpha value is -4.18. The average molecular weight is 480 g/mol. The van der Waals surface area contributed by atoms with Gasteiger partial charge in [-0.05, 0) is 67.7 Å². The summed E-state index contributed by atoms with van der Waals surface area (Å²) in [6.07, 6.45) is 0. The fraction of sp³-hybridized carbons (Fsp3) is 0.125. The highest BCUT2D eigenvalue weighted by Crippen LogP contribution is 2.29. The molecule has 0 amide bonds. The second kappa shape index (κ2) is 10.2. The smallest absolute Gasteiger partial charge is 0.191 e. The molecule has 0 saturated heterocycles. The van der Waals surface area contributed by atoms with Gasteiger partial charge in [-0.3, -0.25) is 5.43 Å².